The third-order valence-corrected chi connectivity index (χ3v) is 6.10. The number of aromatic hydroxyl groups is 1. The Morgan fingerprint density at radius 1 is 1.15 bits per heavy atom. The summed E-state index contributed by atoms with van der Waals surface area (Å²) in [7, 11) is 0. The van der Waals surface area contributed by atoms with Gasteiger partial charge in [0.2, 0.25) is 0 Å². The summed E-state index contributed by atoms with van der Waals surface area (Å²) in [5.74, 6) is 3.06. The molecule has 3 aliphatic rings. The van der Waals surface area contributed by atoms with Crippen molar-refractivity contribution in [3.63, 3.8) is 0 Å². The van der Waals surface area contributed by atoms with Crippen molar-refractivity contribution in [2.24, 2.45) is 22.7 Å². The number of hydrogen-bond acceptors (Lipinski definition) is 2. The van der Waals surface area contributed by atoms with Crippen LogP contribution in [-0.4, -0.2) is 16.9 Å². The molecule has 2 nitrogen and oxygen atoms in total. The molecule has 0 aliphatic heterocycles. The molecule has 1 aromatic carbocycles. The van der Waals surface area contributed by atoms with Crippen molar-refractivity contribution in [1.82, 2.24) is 0 Å². The van der Waals surface area contributed by atoms with Gasteiger partial charge in [-0.25, -0.2) is 0 Å². The first-order valence-corrected chi connectivity index (χ1v) is 8.10. The number of aliphatic imine (C=N–C) groups is 1. The second kappa shape index (κ2) is 4.61. The lowest BCUT2D eigenvalue weighted by molar-refractivity contribution is 0.0861. The molecule has 3 fully saturated rings. The van der Waals surface area contributed by atoms with Gasteiger partial charge in [0.1, 0.15) is 5.75 Å². The fraction of sp³-hybridized carbons (Fsp3) is 0.611. The molecule has 0 amide bonds. The SMILES string of the molecule is Oc1ccccc1C=NC12CCCC(C1)C1CCC2C1. The lowest BCUT2D eigenvalue weighted by Gasteiger charge is -2.47. The van der Waals surface area contributed by atoms with E-state index in [4.69, 9.17) is 4.99 Å². The van der Waals surface area contributed by atoms with Crippen LogP contribution in [0, 0.1) is 17.8 Å². The highest BCUT2D eigenvalue weighted by Gasteiger charge is 2.52. The van der Waals surface area contributed by atoms with Crippen LogP contribution in [-0.2, 0) is 0 Å². The molecule has 1 aromatic rings. The molecule has 0 saturated heterocycles. The molecule has 0 radical (unpaired) electrons. The maximum absolute atomic E-state index is 9.90. The van der Waals surface area contributed by atoms with Gasteiger partial charge in [-0.3, -0.25) is 4.99 Å². The molecule has 20 heavy (non-hydrogen) atoms. The molecule has 3 aliphatic carbocycles. The summed E-state index contributed by atoms with van der Waals surface area (Å²) >= 11 is 0. The van der Waals surface area contributed by atoms with Crippen LogP contribution < -0.4 is 0 Å². The van der Waals surface area contributed by atoms with E-state index in [0.717, 1.165) is 23.3 Å². The highest BCUT2D eigenvalue weighted by molar-refractivity contribution is 5.83. The molecule has 3 saturated carbocycles. The van der Waals surface area contributed by atoms with Crippen LogP contribution in [0.15, 0.2) is 29.3 Å². The van der Waals surface area contributed by atoms with Crippen molar-refractivity contribution in [2.75, 3.05) is 0 Å². The van der Waals surface area contributed by atoms with Crippen LogP contribution in [0.3, 0.4) is 0 Å². The Bertz CT molecular complexity index is 538. The molecule has 1 N–H and O–H groups in total. The first-order valence-electron chi connectivity index (χ1n) is 8.10. The summed E-state index contributed by atoms with van der Waals surface area (Å²) in [5.41, 5.74) is 1.06. The van der Waals surface area contributed by atoms with E-state index >= 15 is 0 Å². The molecule has 4 rings (SSSR count). The monoisotopic (exact) mass is 269 g/mol. The molecule has 4 bridgehead atoms. The molecule has 0 spiro atoms. The van der Waals surface area contributed by atoms with Crippen molar-refractivity contribution in [1.29, 1.82) is 0 Å². The van der Waals surface area contributed by atoms with E-state index in [0.29, 0.717) is 5.75 Å². The first-order chi connectivity index (χ1) is 9.77. The lowest BCUT2D eigenvalue weighted by atomic mass is 9.62. The minimum Gasteiger partial charge on any atom is -0.507 e. The van der Waals surface area contributed by atoms with E-state index in [1.165, 1.54) is 44.9 Å². The smallest absolute Gasteiger partial charge is 0.124 e. The molecule has 0 heterocycles. The standard InChI is InChI=1S/C18H23NO/c20-17-6-2-1-4-15(17)12-19-18-9-3-5-14(11-18)13-7-8-16(18)10-13/h1-2,4,6,12-14,16,20H,3,5,7-11H2. The summed E-state index contributed by atoms with van der Waals surface area (Å²) in [4.78, 5) is 5.06. The summed E-state index contributed by atoms with van der Waals surface area (Å²) in [5, 5.41) is 9.90. The minimum absolute atomic E-state index is 0.193. The maximum atomic E-state index is 9.90. The first kappa shape index (κ1) is 12.4. The maximum Gasteiger partial charge on any atom is 0.124 e. The molecule has 4 atom stereocenters. The van der Waals surface area contributed by atoms with Gasteiger partial charge in [0.25, 0.3) is 0 Å². The topological polar surface area (TPSA) is 32.6 Å². The number of fused-ring (bicyclic) bond motifs is 6. The van der Waals surface area contributed by atoms with Crippen LogP contribution in [0.4, 0.5) is 0 Å². The van der Waals surface area contributed by atoms with Gasteiger partial charge in [-0.2, -0.15) is 0 Å². The predicted molar refractivity (Wildman–Crippen MR) is 81.2 cm³/mol. The second-order valence-corrected chi connectivity index (χ2v) is 7.05. The quantitative estimate of drug-likeness (QED) is 0.803. The number of nitrogens with zero attached hydrogens (tertiary/aromatic N) is 1. The fourth-order valence-corrected chi connectivity index (χ4v) is 5.05. The van der Waals surface area contributed by atoms with Crippen LogP contribution >= 0.6 is 0 Å². The zero-order valence-electron chi connectivity index (χ0n) is 12.0. The van der Waals surface area contributed by atoms with Crippen molar-refractivity contribution < 1.29 is 5.11 Å². The lowest BCUT2D eigenvalue weighted by Crippen LogP contribution is -2.44. The molecule has 106 valence electrons. The Morgan fingerprint density at radius 2 is 2.05 bits per heavy atom. The van der Waals surface area contributed by atoms with E-state index in [2.05, 4.69) is 0 Å². The van der Waals surface area contributed by atoms with Gasteiger partial charge in [-0.1, -0.05) is 25.0 Å². The summed E-state index contributed by atoms with van der Waals surface area (Å²) in [6.07, 6.45) is 11.5. The van der Waals surface area contributed by atoms with E-state index in [-0.39, 0.29) is 5.54 Å². The Morgan fingerprint density at radius 3 is 2.95 bits per heavy atom. The third kappa shape index (κ3) is 1.88. The average Bonchev–Trinajstić information content (AvgIpc) is 2.94. The summed E-state index contributed by atoms with van der Waals surface area (Å²) in [6.45, 7) is 0. The van der Waals surface area contributed by atoms with Gasteiger partial charge in [0.15, 0.2) is 0 Å². The molecule has 0 aromatic heterocycles. The number of hydrogen-bond donors (Lipinski definition) is 1. The van der Waals surface area contributed by atoms with Gasteiger partial charge >= 0.3 is 0 Å². The number of rotatable bonds is 2. The highest BCUT2D eigenvalue weighted by Crippen LogP contribution is 2.57. The van der Waals surface area contributed by atoms with E-state index in [1.807, 2.05) is 24.4 Å². The number of benzene rings is 1. The third-order valence-electron chi connectivity index (χ3n) is 6.10. The molecular weight excluding hydrogens is 246 g/mol. The van der Waals surface area contributed by atoms with Crippen molar-refractivity contribution in [3.05, 3.63) is 29.8 Å². The highest BCUT2D eigenvalue weighted by atomic mass is 16.3. The minimum atomic E-state index is 0.193. The van der Waals surface area contributed by atoms with Gasteiger partial charge < -0.3 is 5.11 Å². The Hall–Kier alpha value is -1.31. The van der Waals surface area contributed by atoms with Crippen molar-refractivity contribution in [3.8, 4) is 5.75 Å². The van der Waals surface area contributed by atoms with Gasteiger partial charge in [0, 0.05) is 11.8 Å². The summed E-state index contributed by atoms with van der Waals surface area (Å²) < 4.78 is 0. The molecule has 4 unspecified atom stereocenters. The van der Waals surface area contributed by atoms with E-state index in [1.54, 1.807) is 6.07 Å². The van der Waals surface area contributed by atoms with Gasteiger partial charge in [0.05, 0.1) is 5.54 Å². The molecular formula is C18H23NO. The number of phenols is 1. The van der Waals surface area contributed by atoms with Crippen LogP contribution in [0.1, 0.15) is 50.5 Å². The largest absolute Gasteiger partial charge is 0.507 e. The van der Waals surface area contributed by atoms with Crippen LogP contribution in [0.25, 0.3) is 0 Å². The zero-order valence-corrected chi connectivity index (χ0v) is 12.0. The summed E-state index contributed by atoms with van der Waals surface area (Å²) in [6, 6.07) is 7.53. The van der Waals surface area contributed by atoms with E-state index < -0.39 is 0 Å². The fourth-order valence-electron chi connectivity index (χ4n) is 5.05. The normalized spacial score (nSPS) is 39.3. The zero-order chi connectivity index (χ0) is 13.6. The Kier molecular flexibility index (Phi) is 2.87. The number of phenolic OH excluding ortho intramolecular Hbond substituents is 1. The number of para-hydroxylation sites is 1. The second-order valence-electron chi connectivity index (χ2n) is 7.05. The van der Waals surface area contributed by atoms with Crippen LogP contribution in [0.5, 0.6) is 5.75 Å². The van der Waals surface area contributed by atoms with Crippen molar-refractivity contribution in [2.45, 2.75) is 50.5 Å². The molecule has 2 heteroatoms. The van der Waals surface area contributed by atoms with Gasteiger partial charge in [-0.15, -0.1) is 0 Å². The van der Waals surface area contributed by atoms with E-state index in [9.17, 15) is 5.11 Å². The van der Waals surface area contributed by atoms with Crippen molar-refractivity contribution >= 4 is 6.21 Å². The predicted octanol–water partition coefficient (Wildman–Crippen LogP) is 4.17. The van der Waals surface area contributed by atoms with Gasteiger partial charge in [-0.05, 0) is 62.0 Å². The Balaban J connectivity index is 1.65. The average molecular weight is 269 g/mol. The Labute approximate surface area is 120 Å². The van der Waals surface area contributed by atoms with Crippen LogP contribution in [0.2, 0.25) is 0 Å².